The smallest absolute Gasteiger partial charge is 0.339 e. The maximum absolute atomic E-state index is 12.6. The molecule has 2 aromatic carbocycles. The molecular weight excluding hydrogens is 338 g/mol. The molecule has 4 heteroatoms. The Bertz CT molecular complexity index is 1070. The Balaban J connectivity index is 1.54. The van der Waals surface area contributed by atoms with Gasteiger partial charge in [-0.3, -0.25) is 4.90 Å². The summed E-state index contributed by atoms with van der Waals surface area (Å²) in [4.78, 5) is 13.9. The molecule has 138 valence electrons. The summed E-state index contributed by atoms with van der Waals surface area (Å²) >= 11 is 0. The Morgan fingerprint density at radius 2 is 1.74 bits per heavy atom. The molecule has 0 bridgehead atoms. The van der Waals surface area contributed by atoms with Gasteiger partial charge in [0.25, 0.3) is 0 Å². The maximum atomic E-state index is 12.6. The summed E-state index contributed by atoms with van der Waals surface area (Å²) in [6.45, 7) is 4.43. The Kier molecular flexibility index (Phi) is 4.01. The molecule has 1 N–H and O–H groups in total. The number of quaternary nitrogens is 1. The van der Waals surface area contributed by atoms with Crippen molar-refractivity contribution in [3.63, 3.8) is 0 Å². The fraction of sp³-hybridized carbons (Fsp3) is 0.348. The van der Waals surface area contributed by atoms with E-state index in [-0.39, 0.29) is 5.63 Å². The summed E-state index contributed by atoms with van der Waals surface area (Å²) in [7, 11) is 0. The van der Waals surface area contributed by atoms with E-state index in [1.807, 2.05) is 0 Å². The van der Waals surface area contributed by atoms with Gasteiger partial charge in [0.15, 0.2) is 5.58 Å². The minimum absolute atomic E-state index is 0.156. The Morgan fingerprint density at radius 3 is 2.56 bits per heavy atom. The highest BCUT2D eigenvalue weighted by molar-refractivity contribution is 5.86. The first-order valence-electron chi connectivity index (χ1n) is 9.81. The van der Waals surface area contributed by atoms with Crippen molar-refractivity contribution in [1.29, 1.82) is 0 Å². The fourth-order valence-corrected chi connectivity index (χ4v) is 4.44. The zero-order valence-electron chi connectivity index (χ0n) is 15.6. The van der Waals surface area contributed by atoms with Gasteiger partial charge in [-0.1, -0.05) is 29.8 Å². The van der Waals surface area contributed by atoms with E-state index in [2.05, 4.69) is 43.3 Å². The van der Waals surface area contributed by atoms with Gasteiger partial charge in [-0.2, -0.15) is 0 Å². The summed E-state index contributed by atoms with van der Waals surface area (Å²) in [6, 6.07) is 12.8. The lowest BCUT2D eigenvalue weighted by Crippen LogP contribution is -3.10. The Hall–Kier alpha value is -2.59. The predicted octanol–water partition coefficient (Wildman–Crippen LogP) is 2.92. The fourth-order valence-electron chi connectivity index (χ4n) is 4.44. The molecule has 1 aliphatic heterocycles. The topological polar surface area (TPSA) is 43.9 Å². The zero-order chi connectivity index (χ0) is 18.4. The summed E-state index contributed by atoms with van der Waals surface area (Å²) in [5.41, 5.74) is 6.25. The van der Waals surface area contributed by atoms with Crippen molar-refractivity contribution in [2.24, 2.45) is 0 Å². The SMILES string of the molecule is Cc1ccc(C[NH+]2COc3ccc4c5c(c(=O)oc4c3C2)CCCC5)cc1. The van der Waals surface area contributed by atoms with Gasteiger partial charge in [0, 0.05) is 16.5 Å². The molecule has 0 fully saturated rings. The van der Waals surface area contributed by atoms with Crippen LogP contribution in [-0.4, -0.2) is 6.73 Å². The summed E-state index contributed by atoms with van der Waals surface area (Å²) in [6.07, 6.45) is 4.03. The molecule has 1 aliphatic carbocycles. The van der Waals surface area contributed by atoms with E-state index in [9.17, 15) is 4.79 Å². The molecule has 2 aliphatic rings. The van der Waals surface area contributed by atoms with Gasteiger partial charge in [0.05, 0.1) is 5.56 Å². The number of hydrogen-bond donors (Lipinski definition) is 1. The molecule has 0 radical (unpaired) electrons. The molecule has 3 aromatic rings. The number of fused-ring (bicyclic) bond motifs is 5. The predicted molar refractivity (Wildman–Crippen MR) is 104 cm³/mol. The first kappa shape index (κ1) is 16.6. The van der Waals surface area contributed by atoms with Crippen LogP contribution in [0.5, 0.6) is 5.75 Å². The van der Waals surface area contributed by atoms with Crippen LogP contribution in [0, 0.1) is 6.92 Å². The van der Waals surface area contributed by atoms with Crippen molar-refractivity contribution in [2.45, 2.75) is 45.7 Å². The van der Waals surface area contributed by atoms with Crippen LogP contribution in [0.1, 0.15) is 40.7 Å². The number of rotatable bonds is 2. The van der Waals surface area contributed by atoms with E-state index >= 15 is 0 Å². The first-order valence-corrected chi connectivity index (χ1v) is 9.81. The largest absolute Gasteiger partial charge is 0.445 e. The molecule has 27 heavy (non-hydrogen) atoms. The normalized spacial score (nSPS) is 18.6. The molecule has 4 nitrogen and oxygen atoms in total. The number of nitrogens with one attached hydrogen (secondary N) is 1. The lowest BCUT2D eigenvalue weighted by molar-refractivity contribution is -0.945. The van der Waals surface area contributed by atoms with Crippen molar-refractivity contribution < 1.29 is 14.1 Å². The standard InChI is InChI=1S/C23H23NO3/c1-15-6-8-16(9-7-15)12-24-13-20-21(26-14-24)11-10-18-17-4-2-3-5-19(17)23(25)27-22(18)20/h6-11H,2-5,12-14H2,1H3/p+1. The Labute approximate surface area is 158 Å². The number of aryl methyl sites for hydroxylation is 2. The van der Waals surface area contributed by atoms with Crippen LogP contribution in [-0.2, 0) is 25.9 Å². The second kappa shape index (κ2) is 6.54. The second-order valence-corrected chi connectivity index (χ2v) is 7.85. The second-order valence-electron chi connectivity index (χ2n) is 7.85. The minimum atomic E-state index is -0.156. The molecule has 0 amide bonds. The number of benzene rings is 2. The van der Waals surface area contributed by atoms with Gasteiger partial charge in [-0.05, 0) is 50.3 Å². The molecule has 1 aromatic heterocycles. The highest BCUT2D eigenvalue weighted by Gasteiger charge is 2.27. The first-order chi connectivity index (χ1) is 13.2. The van der Waals surface area contributed by atoms with Gasteiger partial charge in [0.1, 0.15) is 18.8 Å². The Morgan fingerprint density at radius 1 is 0.963 bits per heavy atom. The number of hydrogen-bond acceptors (Lipinski definition) is 3. The molecule has 1 atom stereocenters. The lowest BCUT2D eigenvalue weighted by atomic mass is 9.90. The van der Waals surface area contributed by atoms with Crippen LogP contribution >= 0.6 is 0 Å². The van der Waals surface area contributed by atoms with Crippen LogP contribution in [0.15, 0.2) is 45.6 Å². The van der Waals surface area contributed by atoms with Crippen molar-refractivity contribution in [1.82, 2.24) is 0 Å². The molecular formula is C23H24NO3+. The van der Waals surface area contributed by atoms with E-state index in [1.165, 1.54) is 21.6 Å². The molecule has 0 saturated carbocycles. The maximum Gasteiger partial charge on any atom is 0.339 e. The molecule has 0 saturated heterocycles. The van der Waals surface area contributed by atoms with Gasteiger partial charge >= 0.3 is 5.63 Å². The van der Waals surface area contributed by atoms with Crippen LogP contribution in [0.4, 0.5) is 0 Å². The van der Waals surface area contributed by atoms with E-state index in [4.69, 9.17) is 9.15 Å². The van der Waals surface area contributed by atoms with Crippen LogP contribution in [0.3, 0.4) is 0 Å². The quantitative estimate of drug-likeness (QED) is 0.713. The van der Waals surface area contributed by atoms with Crippen LogP contribution in [0.25, 0.3) is 11.0 Å². The van der Waals surface area contributed by atoms with Crippen molar-refractivity contribution >= 4 is 11.0 Å². The van der Waals surface area contributed by atoms with E-state index in [1.54, 1.807) is 0 Å². The highest BCUT2D eigenvalue weighted by atomic mass is 16.5. The molecule has 0 spiro atoms. The summed E-state index contributed by atoms with van der Waals surface area (Å²) < 4.78 is 11.8. The molecule has 2 heterocycles. The van der Waals surface area contributed by atoms with Gasteiger partial charge < -0.3 is 9.15 Å². The molecule has 1 unspecified atom stereocenters. The zero-order valence-corrected chi connectivity index (χ0v) is 15.6. The third kappa shape index (κ3) is 2.94. The van der Waals surface area contributed by atoms with E-state index in [0.29, 0.717) is 6.73 Å². The number of ether oxygens (including phenoxy) is 1. The van der Waals surface area contributed by atoms with Crippen molar-refractivity contribution in [2.75, 3.05) is 6.73 Å². The molecule has 5 rings (SSSR count). The van der Waals surface area contributed by atoms with Gasteiger partial charge in [0.2, 0.25) is 6.73 Å². The van der Waals surface area contributed by atoms with Crippen LogP contribution in [0.2, 0.25) is 0 Å². The average Bonchev–Trinajstić information content (AvgIpc) is 2.70. The summed E-state index contributed by atoms with van der Waals surface area (Å²) in [5, 5.41) is 1.10. The highest BCUT2D eigenvalue weighted by Crippen LogP contribution is 2.33. The summed E-state index contributed by atoms with van der Waals surface area (Å²) in [5.74, 6) is 0.856. The van der Waals surface area contributed by atoms with E-state index in [0.717, 1.165) is 66.6 Å². The van der Waals surface area contributed by atoms with E-state index < -0.39 is 0 Å². The monoisotopic (exact) mass is 362 g/mol. The van der Waals surface area contributed by atoms with Crippen molar-refractivity contribution in [3.8, 4) is 5.75 Å². The van der Waals surface area contributed by atoms with Crippen LogP contribution < -0.4 is 15.3 Å². The van der Waals surface area contributed by atoms with Crippen molar-refractivity contribution in [3.05, 3.63) is 74.6 Å². The van der Waals surface area contributed by atoms with Gasteiger partial charge in [-0.15, -0.1) is 0 Å². The lowest BCUT2D eigenvalue weighted by Gasteiger charge is -2.27. The third-order valence-corrected chi connectivity index (χ3v) is 5.88. The van der Waals surface area contributed by atoms with Gasteiger partial charge in [-0.25, -0.2) is 4.79 Å². The third-order valence-electron chi connectivity index (χ3n) is 5.88. The average molecular weight is 362 g/mol. The minimum Gasteiger partial charge on any atom is -0.445 e.